The van der Waals surface area contributed by atoms with Crippen LogP contribution in [0.3, 0.4) is 0 Å². The van der Waals surface area contributed by atoms with Gasteiger partial charge in [-0.2, -0.15) is 11.8 Å². The highest BCUT2D eigenvalue weighted by atomic mass is 127. The van der Waals surface area contributed by atoms with E-state index in [9.17, 15) is 0 Å². The molecule has 1 heterocycles. The molecule has 4 nitrogen and oxygen atoms in total. The molecule has 0 spiro atoms. The molecule has 0 radical (unpaired) electrons. The Labute approximate surface area is 167 Å². The zero-order chi connectivity index (χ0) is 16.5. The predicted molar refractivity (Wildman–Crippen MR) is 116 cm³/mol. The van der Waals surface area contributed by atoms with Crippen LogP contribution in [0.25, 0.3) is 0 Å². The number of rotatable bonds is 6. The summed E-state index contributed by atoms with van der Waals surface area (Å²) in [4.78, 5) is 4.73. The third-order valence-electron chi connectivity index (χ3n) is 3.99. The Morgan fingerprint density at radius 2 is 2.25 bits per heavy atom. The highest BCUT2D eigenvalue weighted by Gasteiger charge is 2.14. The minimum atomic E-state index is 0. The summed E-state index contributed by atoms with van der Waals surface area (Å²) in [5, 5.41) is 6.92. The van der Waals surface area contributed by atoms with E-state index < -0.39 is 0 Å². The van der Waals surface area contributed by atoms with E-state index in [1.165, 1.54) is 35.5 Å². The standard InChI is InChI=1S/C18H29N3OS.HI/c1-4-19-18(21-16-6-5-11-23-13-16)20-10-9-15-8-7-14(2)17(12-15)22-3;/h7-8,12,16H,4-6,9-11,13H2,1-3H3,(H2,19,20,21);1H. The van der Waals surface area contributed by atoms with Gasteiger partial charge in [-0.3, -0.25) is 4.99 Å². The smallest absolute Gasteiger partial charge is 0.191 e. The first kappa shape index (κ1) is 21.4. The quantitative estimate of drug-likeness (QED) is 0.385. The highest BCUT2D eigenvalue weighted by molar-refractivity contribution is 14.0. The minimum absolute atomic E-state index is 0. The largest absolute Gasteiger partial charge is 0.496 e. The summed E-state index contributed by atoms with van der Waals surface area (Å²) in [5.41, 5.74) is 2.44. The Morgan fingerprint density at radius 1 is 1.42 bits per heavy atom. The first-order valence-electron chi connectivity index (χ1n) is 8.49. The van der Waals surface area contributed by atoms with Crippen molar-refractivity contribution in [2.24, 2.45) is 4.99 Å². The zero-order valence-electron chi connectivity index (χ0n) is 14.9. The Morgan fingerprint density at radius 3 is 2.92 bits per heavy atom. The fourth-order valence-electron chi connectivity index (χ4n) is 2.68. The van der Waals surface area contributed by atoms with Gasteiger partial charge in [0.25, 0.3) is 0 Å². The number of nitrogens with one attached hydrogen (secondary N) is 2. The number of guanidine groups is 1. The highest BCUT2D eigenvalue weighted by Crippen LogP contribution is 2.19. The van der Waals surface area contributed by atoms with Crippen LogP contribution in [0.4, 0.5) is 0 Å². The van der Waals surface area contributed by atoms with Crippen molar-refractivity contribution in [3.05, 3.63) is 29.3 Å². The SMILES string of the molecule is CCNC(=NCCc1ccc(C)c(OC)c1)NC1CCCSC1.I. The molecule has 0 saturated carbocycles. The number of aliphatic imine (C=N–C) groups is 1. The van der Waals surface area contributed by atoms with Crippen molar-refractivity contribution in [1.29, 1.82) is 0 Å². The van der Waals surface area contributed by atoms with Crippen LogP contribution in [-0.2, 0) is 6.42 Å². The first-order chi connectivity index (χ1) is 11.2. The average Bonchev–Trinajstić information content (AvgIpc) is 2.57. The molecule has 1 atom stereocenters. The van der Waals surface area contributed by atoms with Crippen LogP contribution in [0.15, 0.2) is 23.2 Å². The minimum Gasteiger partial charge on any atom is -0.496 e. The van der Waals surface area contributed by atoms with Crippen LogP contribution in [-0.4, -0.2) is 43.7 Å². The maximum atomic E-state index is 5.39. The molecule has 6 heteroatoms. The van der Waals surface area contributed by atoms with Gasteiger partial charge in [0.1, 0.15) is 5.75 Å². The van der Waals surface area contributed by atoms with Crippen LogP contribution < -0.4 is 15.4 Å². The van der Waals surface area contributed by atoms with Crippen LogP contribution in [0.1, 0.15) is 30.9 Å². The zero-order valence-corrected chi connectivity index (χ0v) is 18.1. The summed E-state index contributed by atoms with van der Waals surface area (Å²) >= 11 is 2.03. The average molecular weight is 463 g/mol. The van der Waals surface area contributed by atoms with Gasteiger partial charge in [-0.1, -0.05) is 12.1 Å². The van der Waals surface area contributed by atoms with E-state index in [1.807, 2.05) is 11.8 Å². The fraction of sp³-hybridized carbons (Fsp3) is 0.611. The number of hydrogen-bond donors (Lipinski definition) is 2. The lowest BCUT2D eigenvalue weighted by Crippen LogP contribution is -2.45. The molecule has 1 aromatic carbocycles. The Kier molecular flexibility index (Phi) is 10.6. The molecule has 1 saturated heterocycles. The third-order valence-corrected chi connectivity index (χ3v) is 5.20. The lowest BCUT2D eigenvalue weighted by Gasteiger charge is -2.24. The second kappa shape index (κ2) is 11.8. The van der Waals surface area contributed by atoms with Crippen molar-refractivity contribution in [1.82, 2.24) is 10.6 Å². The number of thioether (sulfide) groups is 1. The van der Waals surface area contributed by atoms with Crippen LogP contribution in [0.2, 0.25) is 0 Å². The van der Waals surface area contributed by atoms with Gasteiger partial charge in [0.15, 0.2) is 5.96 Å². The van der Waals surface area contributed by atoms with Crippen molar-refractivity contribution in [2.45, 2.75) is 39.2 Å². The predicted octanol–water partition coefficient (Wildman–Crippen LogP) is 3.61. The normalized spacial score (nSPS) is 17.8. The van der Waals surface area contributed by atoms with Gasteiger partial charge >= 0.3 is 0 Å². The molecule has 0 aromatic heterocycles. The van der Waals surface area contributed by atoms with E-state index in [1.54, 1.807) is 7.11 Å². The van der Waals surface area contributed by atoms with Gasteiger partial charge in [-0.05, 0) is 56.1 Å². The van der Waals surface area contributed by atoms with Crippen LogP contribution >= 0.6 is 35.7 Å². The molecule has 1 unspecified atom stereocenters. The number of ether oxygens (including phenoxy) is 1. The Bertz CT molecular complexity index is 519. The van der Waals surface area contributed by atoms with E-state index in [0.29, 0.717) is 6.04 Å². The molecule has 1 aliphatic rings. The molecule has 1 fully saturated rings. The van der Waals surface area contributed by atoms with E-state index in [4.69, 9.17) is 9.73 Å². The van der Waals surface area contributed by atoms with Crippen molar-refractivity contribution in [3.63, 3.8) is 0 Å². The maximum Gasteiger partial charge on any atom is 0.191 e. The molecule has 136 valence electrons. The summed E-state index contributed by atoms with van der Waals surface area (Å²) < 4.78 is 5.39. The number of nitrogens with zero attached hydrogens (tertiary/aromatic N) is 1. The van der Waals surface area contributed by atoms with Gasteiger partial charge in [0.2, 0.25) is 0 Å². The van der Waals surface area contributed by atoms with E-state index >= 15 is 0 Å². The number of halogens is 1. The second-order valence-corrected chi connectivity index (χ2v) is 7.02. The van der Waals surface area contributed by atoms with E-state index in [-0.39, 0.29) is 24.0 Å². The Hall–Kier alpha value is -0.630. The molecule has 0 aliphatic carbocycles. The van der Waals surface area contributed by atoms with Gasteiger partial charge < -0.3 is 15.4 Å². The maximum absolute atomic E-state index is 5.39. The molecule has 0 amide bonds. The van der Waals surface area contributed by atoms with Crippen molar-refractivity contribution < 1.29 is 4.74 Å². The van der Waals surface area contributed by atoms with Gasteiger partial charge in [0, 0.05) is 24.9 Å². The lowest BCUT2D eigenvalue weighted by molar-refractivity contribution is 0.411. The summed E-state index contributed by atoms with van der Waals surface area (Å²) in [6.07, 6.45) is 3.46. The summed E-state index contributed by atoms with van der Waals surface area (Å²) in [6.45, 7) is 5.85. The third kappa shape index (κ3) is 7.09. The van der Waals surface area contributed by atoms with Crippen molar-refractivity contribution in [3.8, 4) is 5.75 Å². The Balaban J connectivity index is 0.00000288. The molecular weight excluding hydrogens is 433 g/mol. The van der Waals surface area contributed by atoms with E-state index in [0.717, 1.165) is 31.2 Å². The number of aryl methyl sites for hydroxylation is 1. The summed E-state index contributed by atoms with van der Waals surface area (Å²) in [6, 6.07) is 6.93. The van der Waals surface area contributed by atoms with E-state index in [2.05, 4.69) is 42.7 Å². The molecule has 1 aromatic rings. The molecule has 1 aliphatic heterocycles. The van der Waals surface area contributed by atoms with Crippen LogP contribution in [0, 0.1) is 6.92 Å². The monoisotopic (exact) mass is 463 g/mol. The molecule has 24 heavy (non-hydrogen) atoms. The number of hydrogen-bond acceptors (Lipinski definition) is 3. The second-order valence-electron chi connectivity index (χ2n) is 5.87. The lowest BCUT2D eigenvalue weighted by atomic mass is 10.1. The molecule has 0 bridgehead atoms. The van der Waals surface area contributed by atoms with Gasteiger partial charge in [0.05, 0.1) is 7.11 Å². The van der Waals surface area contributed by atoms with Gasteiger partial charge in [-0.25, -0.2) is 0 Å². The summed E-state index contributed by atoms with van der Waals surface area (Å²) in [7, 11) is 1.72. The van der Waals surface area contributed by atoms with Crippen LogP contribution in [0.5, 0.6) is 5.75 Å². The fourth-order valence-corrected chi connectivity index (χ4v) is 3.76. The molecule has 2 N–H and O–H groups in total. The van der Waals surface area contributed by atoms with Gasteiger partial charge in [-0.15, -0.1) is 24.0 Å². The first-order valence-corrected chi connectivity index (χ1v) is 9.64. The summed E-state index contributed by atoms with van der Waals surface area (Å²) in [5.74, 6) is 4.37. The molecular formula is C18H30IN3OS. The molecule has 2 rings (SSSR count). The topological polar surface area (TPSA) is 45.7 Å². The number of methoxy groups -OCH3 is 1. The number of benzene rings is 1. The van der Waals surface area contributed by atoms with Crippen molar-refractivity contribution >= 4 is 41.7 Å². The van der Waals surface area contributed by atoms with Crippen molar-refractivity contribution in [2.75, 3.05) is 31.7 Å².